The van der Waals surface area contributed by atoms with Crippen LogP contribution < -0.4 is 0 Å². The number of rotatable bonds is 66. The van der Waals surface area contributed by atoms with Gasteiger partial charge in [0.1, 0.15) is 13.2 Å². The van der Waals surface area contributed by atoms with Crippen molar-refractivity contribution in [2.45, 2.75) is 399 Å². The van der Waals surface area contributed by atoms with E-state index in [0.717, 1.165) is 70.6 Å². The molecule has 464 valence electrons. The number of hydrogen-bond donors (Lipinski definition) is 0. The van der Waals surface area contributed by atoms with Crippen LogP contribution in [0.15, 0.2) is 36.5 Å². The van der Waals surface area contributed by atoms with Crippen LogP contribution in [0.3, 0.4) is 0 Å². The van der Waals surface area contributed by atoms with Gasteiger partial charge in [-0.1, -0.05) is 340 Å². The van der Waals surface area contributed by atoms with Crippen molar-refractivity contribution in [2.75, 3.05) is 13.2 Å². The molecule has 0 aromatic heterocycles. The lowest BCUT2D eigenvalue weighted by Gasteiger charge is -2.18. The summed E-state index contributed by atoms with van der Waals surface area (Å²) in [4.78, 5) is 38.3. The van der Waals surface area contributed by atoms with E-state index in [-0.39, 0.29) is 31.1 Å². The summed E-state index contributed by atoms with van der Waals surface area (Å²) >= 11 is 0. The second-order valence-corrected chi connectivity index (χ2v) is 24.1. The lowest BCUT2D eigenvalue weighted by molar-refractivity contribution is -0.167. The third-order valence-electron chi connectivity index (χ3n) is 16.1. The summed E-state index contributed by atoms with van der Waals surface area (Å²) in [5.41, 5.74) is 0. The molecule has 6 nitrogen and oxygen atoms in total. The molecule has 1 unspecified atom stereocenters. The van der Waals surface area contributed by atoms with E-state index in [1.54, 1.807) is 0 Å². The molecule has 6 heteroatoms. The molecule has 0 aliphatic rings. The molecule has 0 radical (unpaired) electrons. The van der Waals surface area contributed by atoms with E-state index in [1.165, 1.54) is 283 Å². The van der Waals surface area contributed by atoms with Gasteiger partial charge in [-0.15, -0.1) is 0 Å². The minimum atomic E-state index is -0.772. The molecule has 0 aromatic rings. The van der Waals surface area contributed by atoms with Gasteiger partial charge in [-0.2, -0.15) is 0 Å². The topological polar surface area (TPSA) is 78.9 Å². The summed E-state index contributed by atoms with van der Waals surface area (Å²) in [6.45, 7) is 6.66. The van der Waals surface area contributed by atoms with E-state index in [9.17, 15) is 14.4 Å². The van der Waals surface area contributed by atoms with E-state index in [0.29, 0.717) is 19.3 Å². The Morgan fingerprint density at radius 1 is 0.253 bits per heavy atom. The number of unbranched alkanes of at least 4 members (excludes halogenated alkanes) is 49. The van der Waals surface area contributed by atoms with Crippen LogP contribution in [0.5, 0.6) is 0 Å². The number of ether oxygens (including phenoxy) is 3. The summed E-state index contributed by atoms with van der Waals surface area (Å²) in [7, 11) is 0. The monoisotopic (exact) mass is 1110 g/mol. The highest BCUT2D eigenvalue weighted by molar-refractivity contribution is 5.71. The number of carbonyl (C=O) groups is 3. The smallest absolute Gasteiger partial charge is 0.306 e. The molecule has 0 rings (SSSR count). The maximum atomic E-state index is 12.9. The maximum absolute atomic E-state index is 12.9. The van der Waals surface area contributed by atoms with E-state index in [1.807, 2.05) is 0 Å². The molecule has 0 amide bonds. The SMILES string of the molecule is CCCC/C=C\CCCCCCCC(=O)OCC(COC(=O)CCCCCCCCCCCCCCCCCCC/C=C\C/C=C\CCCCCCC)OC(=O)CCCCCCCCCCCCCCCCCCCCCCC. The lowest BCUT2D eigenvalue weighted by atomic mass is 10.0. The van der Waals surface area contributed by atoms with Crippen molar-refractivity contribution in [1.82, 2.24) is 0 Å². The van der Waals surface area contributed by atoms with Crippen molar-refractivity contribution in [3.05, 3.63) is 36.5 Å². The molecule has 0 aliphatic heterocycles. The highest BCUT2D eigenvalue weighted by Crippen LogP contribution is 2.19. The third kappa shape index (κ3) is 66.3. The molecular formula is C73H136O6. The molecule has 0 bridgehead atoms. The van der Waals surface area contributed by atoms with E-state index in [2.05, 4.69) is 57.2 Å². The van der Waals surface area contributed by atoms with Crippen molar-refractivity contribution in [2.24, 2.45) is 0 Å². The Morgan fingerprint density at radius 3 is 0.747 bits per heavy atom. The number of allylic oxidation sites excluding steroid dienone is 6. The predicted molar refractivity (Wildman–Crippen MR) is 344 cm³/mol. The van der Waals surface area contributed by atoms with Crippen LogP contribution in [-0.4, -0.2) is 37.2 Å². The fourth-order valence-electron chi connectivity index (χ4n) is 10.8. The van der Waals surface area contributed by atoms with Crippen LogP contribution in [-0.2, 0) is 28.6 Å². The summed E-state index contributed by atoms with van der Waals surface area (Å²) in [6.07, 6.45) is 84.7. The second kappa shape index (κ2) is 68.1. The summed E-state index contributed by atoms with van der Waals surface area (Å²) in [6, 6.07) is 0. The Balaban J connectivity index is 4.14. The first-order valence-corrected chi connectivity index (χ1v) is 35.5. The molecule has 0 saturated heterocycles. The lowest BCUT2D eigenvalue weighted by Crippen LogP contribution is -2.30. The molecule has 0 aromatic carbocycles. The standard InChI is InChI=1S/C73H136O6/c1-4-7-10-13-16-19-22-24-26-28-30-32-33-34-35-36-37-38-39-41-42-44-46-48-51-54-57-60-63-66-72(75)78-69-70(68-77-71(74)65-62-59-56-53-50-21-18-15-12-9-6-3)79-73(76)67-64-61-58-55-52-49-47-45-43-40-31-29-27-25-23-20-17-14-11-8-5-2/h15,18,22,24,28,30,70H,4-14,16-17,19-21,23,25-27,29,31-69H2,1-3H3/b18-15-,24-22-,30-28-. The van der Waals surface area contributed by atoms with Crippen molar-refractivity contribution in [3.63, 3.8) is 0 Å². The Labute approximate surface area is 493 Å². The van der Waals surface area contributed by atoms with Gasteiger partial charge in [-0.05, 0) is 70.6 Å². The molecule has 0 saturated carbocycles. The fraction of sp³-hybridized carbons (Fsp3) is 0.877. The van der Waals surface area contributed by atoms with Gasteiger partial charge in [0.2, 0.25) is 0 Å². The molecular weight excluding hydrogens is 973 g/mol. The minimum Gasteiger partial charge on any atom is -0.462 e. The van der Waals surface area contributed by atoms with Gasteiger partial charge in [0.05, 0.1) is 0 Å². The van der Waals surface area contributed by atoms with Gasteiger partial charge in [0, 0.05) is 19.3 Å². The molecule has 0 fully saturated rings. The summed E-state index contributed by atoms with van der Waals surface area (Å²) in [5.74, 6) is -0.851. The third-order valence-corrected chi connectivity index (χ3v) is 16.1. The van der Waals surface area contributed by atoms with E-state index >= 15 is 0 Å². The fourth-order valence-corrected chi connectivity index (χ4v) is 10.8. The van der Waals surface area contributed by atoms with Crippen LogP contribution in [0.4, 0.5) is 0 Å². The zero-order valence-corrected chi connectivity index (χ0v) is 53.4. The molecule has 0 aliphatic carbocycles. The largest absolute Gasteiger partial charge is 0.462 e. The molecule has 1 atom stereocenters. The van der Waals surface area contributed by atoms with Crippen LogP contribution in [0.1, 0.15) is 393 Å². The Hall–Kier alpha value is -2.37. The van der Waals surface area contributed by atoms with Crippen molar-refractivity contribution in [3.8, 4) is 0 Å². The first kappa shape index (κ1) is 76.6. The van der Waals surface area contributed by atoms with E-state index in [4.69, 9.17) is 14.2 Å². The highest BCUT2D eigenvalue weighted by atomic mass is 16.6. The zero-order chi connectivity index (χ0) is 57.1. The van der Waals surface area contributed by atoms with Crippen molar-refractivity contribution in [1.29, 1.82) is 0 Å². The van der Waals surface area contributed by atoms with Crippen LogP contribution >= 0.6 is 0 Å². The second-order valence-electron chi connectivity index (χ2n) is 24.1. The number of esters is 3. The van der Waals surface area contributed by atoms with Crippen molar-refractivity contribution >= 4 is 17.9 Å². The van der Waals surface area contributed by atoms with Gasteiger partial charge >= 0.3 is 17.9 Å². The van der Waals surface area contributed by atoms with Crippen LogP contribution in [0.2, 0.25) is 0 Å². The summed E-state index contributed by atoms with van der Waals surface area (Å²) < 4.78 is 17.0. The zero-order valence-electron chi connectivity index (χ0n) is 53.4. The normalized spacial score (nSPS) is 12.2. The average molecular weight is 1110 g/mol. The van der Waals surface area contributed by atoms with Gasteiger partial charge in [-0.3, -0.25) is 14.4 Å². The quantitative estimate of drug-likeness (QED) is 0.0261. The number of carbonyl (C=O) groups excluding carboxylic acids is 3. The minimum absolute atomic E-state index is 0.0691. The Kier molecular flexibility index (Phi) is 66.1. The van der Waals surface area contributed by atoms with Gasteiger partial charge in [0.15, 0.2) is 6.10 Å². The maximum Gasteiger partial charge on any atom is 0.306 e. The molecule has 0 N–H and O–H groups in total. The van der Waals surface area contributed by atoms with E-state index < -0.39 is 6.10 Å². The van der Waals surface area contributed by atoms with Gasteiger partial charge in [-0.25, -0.2) is 0 Å². The first-order valence-electron chi connectivity index (χ1n) is 35.5. The summed E-state index contributed by atoms with van der Waals surface area (Å²) in [5, 5.41) is 0. The first-order chi connectivity index (χ1) is 39.0. The Morgan fingerprint density at radius 2 is 0.468 bits per heavy atom. The van der Waals surface area contributed by atoms with Crippen molar-refractivity contribution < 1.29 is 28.6 Å². The predicted octanol–water partition coefficient (Wildman–Crippen LogP) is 24.3. The molecule has 0 heterocycles. The molecule has 0 spiro atoms. The van der Waals surface area contributed by atoms with Gasteiger partial charge in [0.25, 0.3) is 0 Å². The Bertz CT molecular complexity index is 1320. The number of hydrogen-bond acceptors (Lipinski definition) is 6. The van der Waals surface area contributed by atoms with Gasteiger partial charge < -0.3 is 14.2 Å². The average Bonchev–Trinajstić information content (AvgIpc) is 3.45. The van der Waals surface area contributed by atoms with Crippen LogP contribution in [0, 0.1) is 0 Å². The van der Waals surface area contributed by atoms with Crippen LogP contribution in [0.25, 0.3) is 0 Å². The molecule has 79 heavy (non-hydrogen) atoms. The highest BCUT2D eigenvalue weighted by Gasteiger charge is 2.19.